The highest BCUT2D eigenvalue weighted by Crippen LogP contribution is 2.44. The van der Waals surface area contributed by atoms with Gasteiger partial charge in [-0.25, -0.2) is 0 Å². The van der Waals surface area contributed by atoms with E-state index < -0.39 is 0 Å². The molecule has 0 bridgehead atoms. The van der Waals surface area contributed by atoms with Gasteiger partial charge in [0.25, 0.3) is 0 Å². The summed E-state index contributed by atoms with van der Waals surface area (Å²) >= 11 is 0. The fourth-order valence-corrected chi connectivity index (χ4v) is 8.22. The van der Waals surface area contributed by atoms with Crippen molar-refractivity contribution in [3.63, 3.8) is 0 Å². The monoisotopic (exact) mass is 714 g/mol. The molecule has 0 atom stereocenters. The van der Waals surface area contributed by atoms with Gasteiger partial charge in [-0.1, -0.05) is 170 Å². The Morgan fingerprint density at radius 1 is 0.286 bits per heavy atom. The normalized spacial score (nSPS) is 11.2. The zero-order valence-corrected chi connectivity index (χ0v) is 30.8. The van der Waals surface area contributed by atoms with Gasteiger partial charge in [-0.3, -0.25) is 0 Å². The number of aromatic nitrogens is 1. The Hall–Kier alpha value is -7.42. The van der Waals surface area contributed by atoms with E-state index in [1.54, 1.807) is 0 Å². The van der Waals surface area contributed by atoms with Gasteiger partial charge in [-0.2, -0.15) is 0 Å². The smallest absolute Gasteiger partial charge is 0.0547 e. The zero-order chi connectivity index (χ0) is 37.3. The second-order valence-corrected chi connectivity index (χ2v) is 14.1. The van der Waals surface area contributed by atoms with E-state index in [-0.39, 0.29) is 0 Å². The molecule has 10 aromatic rings. The number of fused-ring (bicyclic) bond motifs is 3. The summed E-state index contributed by atoms with van der Waals surface area (Å²) in [4.78, 5) is 2.38. The van der Waals surface area contributed by atoms with Crippen molar-refractivity contribution in [1.82, 2.24) is 4.57 Å². The Labute approximate surface area is 327 Å². The Morgan fingerprint density at radius 2 is 0.768 bits per heavy atom. The van der Waals surface area contributed by atoms with Crippen LogP contribution in [0.15, 0.2) is 231 Å². The van der Waals surface area contributed by atoms with Gasteiger partial charge in [0.1, 0.15) is 0 Å². The average molecular weight is 715 g/mol. The number of hydrogen-bond donors (Lipinski definition) is 0. The third-order valence-corrected chi connectivity index (χ3v) is 10.8. The Bertz CT molecular complexity index is 2940. The van der Waals surface area contributed by atoms with Crippen LogP contribution in [0.1, 0.15) is 0 Å². The Morgan fingerprint density at radius 3 is 1.48 bits per heavy atom. The first-order valence-corrected chi connectivity index (χ1v) is 19.2. The molecule has 0 amide bonds. The van der Waals surface area contributed by atoms with Crippen LogP contribution in [0.25, 0.3) is 72.0 Å². The van der Waals surface area contributed by atoms with Gasteiger partial charge in [0.05, 0.1) is 11.0 Å². The van der Waals surface area contributed by atoms with Crippen LogP contribution in [0.4, 0.5) is 17.1 Å². The van der Waals surface area contributed by atoms with Crippen molar-refractivity contribution in [3.05, 3.63) is 231 Å². The maximum absolute atomic E-state index is 2.39. The van der Waals surface area contributed by atoms with E-state index in [1.807, 2.05) is 0 Å². The maximum atomic E-state index is 2.39. The molecule has 10 rings (SSSR count). The van der Waals surface area contributed by atoms with Crippen LogP contribution in [0.2, 0.25) is 0 Å². The molecule has 0 saturated heterocycles. The van der Waals surface area contributed by atoms with E-state index in [2.05, 4.69) is 240 Å². The first-order chi connectivity index (χ1) is 27.8. The fraction of sp³-hybridized carbons (Fsp3) is 0. The van der Waals surface area contributed by atoms with E-state index in [0.717, 1.165) is 28.3 Å². The summed E-state index contributed by atoms with van der Waals surface area (Å²) in [6, 6.07) is 83.0. The van der Waals surface area contributed by atoms with Crippen LogP contribution in [0, 0.1) is 0 Å². The quantitative estimate of drug-likeness (QED) is 0.152. The van der Waals surface area contributed by atoms with Crippen molar-refractivity contribution in [2.75, 3.05) is 4.90 Å². The number of nitrogens with zero attached hydrogens (tertiary/aromatic N) is 2. The minimum Gasteiger partial charge on any atom is -0.310 e. The predicted molar refractivity (Wildman–Crippen MR) is 237 cm³/mol. The van der Waals surface area contributed by atoms with E-state index in [4.69, 9.17) is 0 Å². The largest absolute Gasteiger partial charge is 0.310 e. The lowest BCUT2D eigenvalue weighted by Crippen LogP contribution is -2.10. The summed E-state index contributed by atoms with van der Waals surface area (Å²) in [6.45, 7) is 0. The summed E-state index contributed by atoms with van der Waals surface area (Å²) in [5.74, 6) is 0. The van der Waals surface area contributed by atoms with Gasteiger partial charge in [0.15, 0.2) is 0 Å². The molecular formula is C54H38N2. The molecule has 56 heavy (non-hydrogen) atoms. The minimum atomic E-state index is 1.09. The van der Waals surface area contributed by atoms with E-state index in [0.29, 0.717) is 0 Å². The molecule has 0 unspecified atom stereocenters. The van der Waals surface area contributed by atoms with Crippen LogP contribution in [-0.2, 0) is 0 Å². The molecule has 0 fully saturated rings. The highest BCUT2D eigenvalue weighted by Gasteiger charge is 2.19. The third kappa shape index (κ3) is 6.04. The maximum Gasteiger partial charge on any atom is 0.0547 e. The molecule has 2 heteroatoms. The first kappa shape index (κ1) is 33.2. The minimum absolute atomic E-state index is 1.09. The fourth-order valence-electron chi connectivity index (χ4n) is 8.22. The Kier molecular flexibility index (Phi) is 8.55. The number of benzene rings is 9. The van der Waals surface area contributed by atoms with Gasteiger partial charge in [-0.05, 0) is 105 Å². The van der Waals surface area contributed by atoms with Crippen molar-refractivity contribution < 1.29 is 0 Å². The number of anilines is 3. The van der Waals surface area contributed by atoms with Crippen LogP contribution in [0.3, 0.4) is 0 Å². The van der Waals surface area contributed by atoms with E-state index >= 15 is 0 Å². The molecule has 0 aliphatic carbocycles. The highest BCUT2D eigenvalue weighted by molar-refractivity contribution is 6.16. The highest BCUT2D eigenvalue weighted by atomic mass is 15.1. The van der Waals surface area contributed by atoms with Crippen molar-refractivity contribution in [2.24, 2.45) is 0 Å². The second-order valence-electron chi connectivity index (χ2n) is 14.1. The lowest BCUT2D eigenvalue weighted by molar-refractivity contribution is 1.18. The van der Waals surface area contributed by atoms with Crippen molar-refractivity contribution in [1.29, 1.82) is 0 Å². The van der Waals surface area contributed by atoms with Crippen LogP contribution in [0.5, 0.6) is 0 Å². The van der Waals surface area contributed by atoms with Crippen LogP contribution < -0.4 is 4.90 Å². The summed E-state index contributed by atoms with van der Waals surface area (Å²) in [5.41, 5.74) is 16.4. The third-order valence-electron chi connectivity index (χ3n) is 10.8. The number of hydrogen-bond acceptors (Lipinski definition) is 1. The molecule has 0 aliphatic heterocycles. The molecule has 0 aliphatic rings. The van der Waals surface area contributed by atoms with Crippen LogP contribution in [-0.4, -0.2) is 4.57 Å². The molecule has 1 heterocycles. The molecule has 0 radical (unpaired) electrons. The molecule has 264 valence electrons. The average Bonchev–Trinajstić information content (AvgIpc) is 3.63. The standard InChI is InChI=1S/C54H38N2/c1-4-17-39(18-5-1)41-33-35-45(36-34-41)55(46-25-14-21-42(37-46)40-19-6-2-7-20-40)47-26-15-22-43(38-47)48-27-10-11-28-49(48)50-30-16-32-53-54(50)51-29-12-13-31-52(51)56(53)44-23-8-3-9-24-44/h1-38H. The Balaban J connectivity index is 1.13. The van der Waals surface area contributed by atoms with Gasteiger partial charge in [0.2, 0.25) is 0 Å². The predicted octanol–water partition coefficient (Wildman–Crippen LogP) is 14.9. The van der Waals surface area contributed by atoms with E-state index in [1.165, 1.54) is 60.8 Å². The van der Waals surface area contributed by atoms with Crippen molar-refractivity contribution in [2.45, 2.75) is 0 Å². The lowest BCUT2D eigenvalue weighted by Gasteiger charge is -2.27. The van der Waals surface area contributed by atoms with Gasteiger partial charge < -0.3 is 9.47 Å². The molecule has 1 aromatic heterocycles. The van der Waals surface area contributed by atoms with Gasteiger partial charge in [0, 0.05) is 33.5 Å². The first-order valence-electron chi connectivity index (χ1n) is 19.2. The molecule has 2 nitrogen and oxygen atoms in total. The molecule has 0 saturated carbocycles. The molecular weight excluding hydrogens is 677 g/mol. The molecule has 0 N–H and O–H groups in total. The molecule has 0 spiro atoms. The van der Waals surface area contributed by atoms with Crippen molar-refractivity contribution in [3.8, 4) is 50.2 Å². The summed E-state index contributed by atoms with van der Waals surface area (Å²) in [6.07, 6.45) is 0. The summed E-state index contributed by atoms with van der Waals surface area (Å²) in [7, 11) is 0. The number of rotatable bonds is 8. The second kappa shape index (κ2) is 14.4. The topological polar surface area (TPSA) is 8.17 Å². The SMILES string of the molecule is c1ccc(-c2ccc(N(c3cccc(-c4ccccc4)c3)c3cccc(-c4ccccc4-c4cccc5c4c4ccccc4n5-c4ccccc4)c3)cc2)cc1. The number of para-hydroxylation sites is 2. The van der Waals surface area contributed by atoms with Crippen LogP contribution >= 0.6 is 0 Å². The molecule has 9 aromatic carbocycles. The summed E-state index contributed by atoms with van der Waals surface area (Å²) < 4.78 is 2.39. The lowest BCUT2D eigenvalue weighted by atomic mass is 9.91. The zero-order valence-electron chi connectivity index (χ0n) is 30.8. The van der Waals surface area contributed by atoms with Gasteiger partial charge >= 0.3 is 0 Å². The van der Waals surface area contributed by atoms with E-state index in [9.17, 15) is 0 Å². The summed E-state index contributed by atoms with van der Waals surface area (Å²) in [5, 5.41) is 2.50. The van der Waals surface area contributed by atoms with Crippen molar-refractivity contribution >= 4 is 38.9 Å². The van der Waals surface area contributed by atoms with Gasteiger partial charge in [-0.15, -0.1) is 0 Å².